The number of pyridine rings is 1. The molecule has 0 bridgehead atoms. The summed E-state index contributed by atoms with van der Waals surface area (Å²) in [6, 6.07) is 23.6. The van der Waals surface area contributed by atoms with Gasteiger partial charge < -0.3 is 0 Å². The molecule has 0 saturated carbocycles. The Morgan fingerprint density at radius 1 is 1.05 bits per heavy atom. The van der Waals surface area contributed by atoms with Crippen LogP contribution in [0.4, 0.5) is 10.8 Å². The number of thiazole rings is 1. The third-order valence-corrected chi connectivity index (χ3v) is 10.5. The number of thioether (sulfide) groups is 1. The van der Waals surface area contributed by atoms with E-state index in [1.807, 2.05) is 54.8 Å². The van der Waals surface area contributed by atoms with Gasteiger partial charge in [-0.2, -0.15) is 0 Å². The van der Waals surface area contributed by atoms with Crippen molar-refractivity contribution in [3.63, 3.8) is 0 Å². The molecule has 0 unspecified atom stereocenters. The number of fused-ring (bicyclic) bond motifs is 2. The van der Waals surface area contributed by atoms with Crippen molar-refractivity contribution in [1.82, 2.24) is 9.97 Å². The average Bonchev–Trinajstić information content (AvgIpc) is 3.43. The fourth-order valence-corrected chi connectivity index (χ4v) is 7.89. The largest absolute Gasteiger partial charge is 0.279 e. The van der Waals surface area contributed by atoms with Crippen LogP contribution in [0.5, 0.6) is 0 Å². The molecule has 0 fully saturated rings. The second-order valence-corrected chi connectivity index (χ2v) is 13.2. The predicted octanol–water partition coefficient (Wildman–Crippen LogP) is 6.40. The number of amides is 1. The van der Waals surface area contributed by atoms with E-state index in [4.69, 9.17) is 4.98 Å². The Bertz CT molecular complexity index is 1790. The van der Waals surface area contributed by atoms with Crippen molar-refractivity contribution in [3.05, 3.63) is 108 Å². The molecule has 1 amide bonds. The Morgan fingerprint density at radius 3 is 2.65 bits per heavy atom. The number of nitrogens with zero attached hydrogens (tertiary/aromatic N) is 4. The lowest BCUT2D eigenvalue weighted by molar-refractivity contribution is 0.0985. The van der Waals surface area contributed by atoms with Gasteiger partial charge in [0.2, 0.25) is 0 Å². The van der Waals surface area contributed by atoms with Crippen molar-refractivity contribution in [2.24, 2.45) is 0 Å². The highest BCUT2D eigenvalue weighted by molar-refractivity contribution is 7.98. The molecule has 6 rings (SSSR count). The Kier molecular flexibility index (Phi) is 7.31. The first-order valence-corrected chi connectivity index (χ1v) is 16.3. The van der Waals surface area contributed by atoms with E-state index in [1.54, 1.807) is 41.2 Å². The van der Waals surface area contributed by atoms with Crippen molar-refractivity contribution >= 4 is 60.1 Å². The van der Waals surface area contributed by atoms with Crippen molar-refractivity contribution in [3.8, 4) is 0 Å². The Labute approximate surface area is 241 Å². The lowest BCUT2D eigenvalue weighted by Gasteiger charge is -2.30. The van der Waals surface area contributed by atoms with E-state index >= 15 is 0 Å². The fraction of sp³-hybridized carbons (Fsp3) is 0.167. The van der Waals surface area contributed by atoms with Gasteiger partial charge in [-0.25, -0.2) is 13.4 Å². The molecule has 3 aromatic carbocycles. The van der Waals surface area contributed by atoms with Gasteiger partial charge in [0.15, 0.2) is 5.13 Å². The molecule has 0 aliphatic carbocycles. The molecule has 0 atom stereocenters. The van der Waals surface area contributed by atoms with Gasteiger partial charge in [-0.1, -0.05) is 35.6 Å². The molecule has 7 nitrogen and oxygen atoms in total. The Morgan fingerprint density at radius 2 is 1.88 bits per heavy atom. The molecule has 0 radical (unpaired) electrons. The molecular weight excluding hydrogens is 561 g/mol. The lowest BCUT2D eigenvalue weighted by Crippen LogP contribution is -2.35. The van der Waals surface area contributed by atoms with Crippen LogP contribution in [0.25, 0.3) is 10.2 Å². The van der Waals surface area contributed by atoms with Crippen molar-refractivity contribution in [2.75, 3.05) is 22.0 Å². The zero-order valence-electron chi connectivity index (χ0n) is 21.7. The number of aryl methyl sites for hydroxylation is 1. The summed E-state index contributed by atoms with van der Waals surface area (Å²) >= 11 is 3.11. The maximum Gasteiger partial charge on any atom is 0.264 e. The van der Waals surface area contributed by atoms with Crippen molar-refractivity contribution < 1.29 is 13.2 Å². The van der Waals surface area contributed by atoms with E-state index < -0.39 is 10.0 Å². The first-order chi connectivity index (χ1) is 19.4. The molecule has 10 heteroatoms. The second-order valence-electron chi connectivity index (χ2n) is 9.42. The Hall–Kier alpha value is -3.73. The SMILES string of the molecule is CSc1ccc2nc(N(Cc3cccnc3)C(=O)c3ccc(S(=O)(=O)N4CCCc5ccccc54)cc3)sc2c1. The minimum absolute atomic E-state index is 0.157. The van der Waals surface area contributed by atoms with Gasteiger partial charge in [0.05, 0.1) is 27.3 Å². The predicted molar refractivity (Wildman–Crippen MR) is 162 cm³/mol. The van der Waals surface area contributed by atoms with Crippen LogP contribution >= 0.6 is 23.1 Å². The number of carbonyl (C=O) groups is 1. The summed E-state index contributed by atoms with van der Waals surface area (Å²) in [5, 5.41) is 0.573. The Balaban J connectivity index is 1.33. The summed E-state index contributed by atoms with van der Waals surface area (Å²) in [7, 11) is -3.77. The van der Waals surface area contributed by atoms with E-state index in [9.17, 15) is 13.2 Å². The van der Waals surface area contributed by atoms with Crippen LogP contribution in [0.3, 0.4) is 0 Å². The number of rotatable bonds is 7. The molecule has 202 valence electrons. The smallest absolute Gasteiger partial charge is 0.264 e. The maximum atomic E-state index is 13.9. The summed E-state index contributed by atoms with van der Waals surface area (Å²) in [4.78, 5) is 25.8. The molecular formula is C30H26N4O3S3. The van der Waals surface area contributed by atoms with Crippen molar-refractivity contribution in [2.45, 2.75) is 29.2 Å². The molecule has 0 spiro atoms. The van der Waals surface area contributed by atoms with Gasteiger partial charge in [0.25, 0.3) is 15.9 Å². The molecule has 1 aliphatic heterocycles. The third-order valence-electron chi connectivity index (χ3n) is 6.88. The van der Waals surface area contributed by atoms with Crippen LogP contribution in [0.1, 0.15) is 27.9 Å². The third kappa shape index (κ3) is 5.10. The second kappa shape index (κ2) is 11.0. The molecule has 0 saturated heterocycles. The number of anilines is 2. The zero-order chi connectivity index (χ0) is 27.7. The molecule has 40 heavy (non-hydrogen) atoms. The van der Waals surface area contributed by atoms with Gasteiger partial charge in [0.1, 0.15) is 0 Å². The fourth-order valence-electron chi connectivity index (χ4n) is 4.84. The van der Waals surface area contributed by atoms with Crippen molar-refractivity contribution in [1.29, 1.82) is 0 Å². The van der Waals surface area contributed by atoms with Gasteiger partial charge >= 0.3 is 0 Å². The number of carbonyl (C=O) groups excluding carboxylic acids is 1. The average molecular weight is 587 g/mol. The first-order valence-electron chi connectivity index (χ1n) is 12.8. The van der Waals surface area contributed by atoms with Gasteiger partial charge in [-0.15, -0.1) is 11.8 Å². The minimum Gasteiger partial charge on any atom is -0.279 e. The summed E-state index contributed by atoms with van der Waals surface area (Å²) < 4.78 is 29.7. The lowest BCUT2D eigenvalue weighted by atomic mass is 10.0. The topological polar surface area (TPSA) is 83.5 Å². The quantitative estimate of drug-likeness (QED) is 0.205. The number of hydrogen-bond acceptors (Lipinski definition) is 7. The van der Waals surface area contributed by atoms with E-state index in [0.29, 0.717) is 17.2 Å². The number of sulfonamides is 1. The van der Waals surface area contributed by atoms with E-state index in [-0.39, 0.29) is 17.3 Å². The highest BCUT2D eigenvalue weighted by Crippen LogP contribution is 2.34. The minimum atomic E-state index is -3.77. The van der Waals surface area contributed by atoms with Crippen LogP contribution in [0, 0.1) is 0 Å². The van der Waals surface area contributed by atoms with Crippen LogP contribution < -0.4 is 9.21 Å². The standard InChI is InChI=1S/C30H26N4O3S3/c1-38-24-12-15-26-28(18-24)39-30(32-26)33(20-21-6-4-16-31-19-21)29(35)23-10-13-25(14-11-23)40(36,37)34-17-5-8-22-7-2-3-9-27(22)34/h2-4,6-7,9-16,18-19H,5,8,17,20H2,1H3. The molecule has 5 aromatic rings. The maximum absolute atomic E-state index is 13.9. The monoisotopic (exact) mass is 586 g/mol. The van der Waals surface area contributed by atoms with Crippen LogP contribution in [-0.4, -0.2) is 37.1 Å². The van der Waals surface area contributed by atoms with E-state index in [0.717, 1.165) is 44.8 Å². The summed E-state index contributed by atoms with van der Waals surface area (Å²) in [5.74, 6) is -0.264. The number of para-hydroxylation sites is 1. The number of benzene rings is 3. The highest BCUT2D eigenvalue weighted by Gasteiger charge is 2.29. The molecule has 2 aromatic heterocycles. The summed E-state index contributed by atoms with van der Waals surface area (Å²) in [5.41, 5.74) is 3.81. The normalized spacial score (nSPS) is 13.3. The molecule has 0 N–H and O–H groups in total. The van der Waals surface area contributed by atoms with Gasteiger partial charge in [-0.05, 0) is 84.8 Å². The van der Waals surface area contributed by atoms with E-state index in [2.05, 4.69) is 11.1 Å². The summed E-state index contributed by atoms with van der Waals surface area (Å²) in [6.07, 6.45) is 7.06. The van der Waals surface area contributed by atoms with Crippen LogP contribution in [-0.2, 0) is 23.0 Å². The summed E-state index contributed by atoms with van der Waals surface area (Å²) in [6.45, 7) is 0.710. The van der Waals surface area contributed by atoms with Crippen LogP contribution in [0.15, 0.2) is 101 Å². The molecule has 3 heterocycles. The van der Waals surface area contributed by atoms with Crippen LogP contribution in [0.2, 0.25) is 0 Å². The zero-order valence-corrected chi connectivity index (χ0v) is 24.2. The number of hydrogen-bond donors (Lipinski definition) is 0. The van der Waals surface area contributed by atoms with E-state index in [1.165, 1.54) is 27.8 Å². The molecule has 1 aliphatic rings. The highest BCUT2D eigenvalue weighted by atomic mass is 32.2. The number of aromatic nitrogens is 2. The van der Waals surface area contributed by atoms with Gasteiger partial charge in [-0.3, -0.25) is 19.0 Å². The van der Waals surface area contributed by atoms with Gasteiger partial charge in [0, 0.05) is 29.4 Å². The first kappa shape index (κ1) is 26.5.